The summed E-state index contributed by atoms with van der Waals surface area (Å²) in [6, 6.07) is 3.59. The average Bonchev–Trinajstić information content (AvgIpc) is 2.92. The van der Waals surface area contributed by atoms with E-state index < -0.39 is 0 Å². The fourth-order valence-corrected chi connectivity index (χ4v) is 5.78. The maximum absolute atomic E-state index is 12.6. The zero-order chi connectivity index (χ0) is 18.5. The molecule has 0 spiro atoms. The Labute approximate surface area is 154 Å². The van der Waals surface area contributed by atoms with Crippen LogP contribution >= 0.6 is 0 Å². The third kappa shape index (κ3) is 2.72. The van der Waals surface area contributed by atoms with E-state index in [4.69, 9.17) is 4.74 Å². The van der Waals surface area contributed by atoms with E-state index in [1.165, 1.54) is 0 Å². The van der Waals surface area contributed by atoms with Crippen molar-refractivity contribution in [3.63, 3.8) is 0 Å². The Morgan fingerprint density at radius 2 is 1.92 bits per heavy atom. The van der Waals surface area contributed by atoms with Gasteiger partial charge in [-0.05, 0) is 49.1 Å². The molecule has 3 aliphatic rings. The predicted octanol–water partition coefficient (Wildman–Crippen LogP) is 3.20. The first-order chi connectivity index (χ1) is 12.4. The summed E-state index contributed by atoms with van der Waals surface area (Å²) < 4.78 is 5.86. The number of hydrogen-bond donors (Lipinski definition) is 1. The number of carbonyl (C=O) groups is 2. The van der Waals surface area contributed by atoms with Gasteiger partial charge in [-0.3, -0.25) is 14.6 Å². The molecule has 1 aromatic rings. The lowest BCUT2D eigenvalue weighted by Crippen LogP contribution is -2.57. The normalized spacial score (nSPS) is 41.7. The van der Waals surface area contributed by atoms with Crippen LogP contribution in [0.15, 0.2) is 24.5 Å². The Kier molecular flexibility index (Phi) is 4.28. The summed E-state index contributed by atoms with van der Waals surface area (Å²) in [4.78, 5) is 28.8. The van der Waals surface area contributed by atoms with Crippen LogP contribution in [0.5, 0.6) is 0 Å². The number of ether oxygens (including phenoxy) is 1. The molecule has 7 unspecified atom stereocenters. The number of nitrogens with one attached hydrogen (secondary N) is 1. The molecule has 1 amide bonds. The first-order valence-corrected chi connectivity index (χ1v) is 9.82. The highest BCUT2D eigenvalue weighted by Gasteiger charge is 2.58. The highest BCUT2D eigenvalue weighted by atomic mass is 16.6. The summed E-state index contributed by atoms with van der Waals surface area (Å²) in [5.41, 5.74) is 0.839. The Morgan fingerprint density at radius 3 is 2.65 bits per heavy atom. The Hall–Kier alpha value is -1.91. The Balaban J connectivity index is 1.54. The second kappa shape index (κ2) is 6.36. The number of esters is 1. The minimum absolute atomic E-state index is 0.00327. The van der Waals surface area contributed by atoms with Crippen LogP contribution in [0.1, 0.15) is 56.8 Å². The maximum atomic E-state index is 12.6. The molecule has 1 saturated heterocycles. The van der Waals surface area contributed by atoms with E-state index in [0.717, 1.165) is 25.7 Å². The molecule has 140 valence electrons. The minimum Gasteiger partial charge on any atom is -0.462 e. The molecule has 2 heterocycles. The highest BCUT2D eigenvalue weighted by molar-refractivity contribution is 5.94. The fourth-order valence-electron chi connectivity index (χ4n) is 5.78. The average molecular weight is 356 g/mol. The summed E-state index contributed by atoms with van der Waals surface area (Å²) in [6.07, 6.45) is 7.56. The number of nitrogens with zero attached hydrogens (tertiary/aromatic N) is 1. The quantitative estimate of drug-likeness (QED) is 0.826. The van der Waals surface area contributed by atoms with Crippen LogP contribution in [-0.4, -0.2) is 29.0 Å². The van der Waals surface area contributed by atoms with Crippen LogP contribution in [0.4, 0.5) is 0 Å². The van der Waals surface area contributed by atoms with E-state index >= 15 is 0 Å². The number of fused-ring (bicyclic) bond motifs is 3. The summed E-state index contributed by atoms with van der Waals surface area (Å²) in [6.45, 7) is 6.58. The SMILES string of the molecule is CC1C(=O)OC2C1CCC1(C)CCC(NC(=O)c3ccncc3)C(C)C21. The molecule has 5 nitrogen and oxygen atoms in total. The van der Waals surface area contributed by atoms with Gasteiger partial charge in [-0.25, -0.2) is 0 Å². The number of rotatable bonds is 2. The lowest BCUT2D eigenvalue weighted by molar-refractivity contribution is -0.153. The van der Waals surface area contributed by atoms with Gasteiger partial charge in [-0.1, -0.05) is 20.8 Å². The highest BCUT2D eigenvalue weighted by Crippen LogP contribution is 2.57. The number of carbonyl (C=O) groups excluding carboxylic acids is 2. The van der Waals surface area contributed by atoms with Crippen molar-refractivity contribution in [2.24, 2.45) is 29.1 Å². The van der Waals surface area contributed by atoms with Crippen LogP contribution in [-0.2, 0) is 9.53 Å². The van der Waals surface area contributed by atoms with Crippen molar-refractivity contribution in [3.05, 3.63) is 30.1 Å². The molecular formula is C21H28N2O3. The zero-order valence-electron chi connectivity index (χ0n) is 15.8. The number of hydrogen-bond acceptors (Lipinski definition) is 4. The van der Waals surface area contributed by atoms with Crippen molar-refractivity contribution in [2.75, 3.05) is 0 Å². The summed E-state index contributed by atoms with van der Waals surface area (Å²) >= 11 is 0. The second-order valence-electron chi connectivity index (χ2n) is 8.79. The molecule has 1 aromatic heterocycles. The molecule has 5 heteroatoms. The van der Waals surface area contributed by atoms with Crippen molar-refractivity contribution in [3.8, 4) is 0 Å². The first kappa shape index (κ1) is 17.5. The van der Waals surface area contributed by atoms with Gasteiger partial charge in [-0.2, -0.15) is 0 Å². The lowest BCUT2D eigenvalue weighted by atomic mass is 9.52. The van der Waals surface area contributed by atoms with Gasteiger partial charge in [0.1, 0.15) is 6.10 Å². The molecule has 1 aliphatic heterocycles. The van der Waals surface area contributed by atoms with Crippen LogP contribution in [0, 0.1) is 29.1 Å². The summed E-state index contributed by atoms with van der Waals surface area (Å²) in [5.74, 6) is 0.842. The molecule has 3 fully saturated rings. The van der Waals surface area contributed by atoms with Gasteiger partial charge >= 0.3 is 5.97 Å². The smallest absolute Gasteiger partial charge is 0.309 e. The van der Waals surface area contributed by atoms with Crippen molar-refractivity contribution in [2.45, 2.75) is 58.6 Å². The van der Waals surface area contributed by atoms with Gasteiger partial charge in [0.25, 0.3) is 5.91 Å². The monoisotopic (exact) mass is 356 g/mol. The van der Waals surface area contributed by atoms with E-state index in [1.54, 1.807) is 24.5 Å². The number of amides is 1. The van der Waals surface area contributed by atoms with Crippen LogP contribution in [0.3, 0.4) is 0 Å². The molecule has 0 aromatic carbocycles. The van der Waals surface area contributed by atoms with Gasteiger partial charge in [0, 0.05) is 35.8 Å². The Bertz CT molecular complexity index is 706. The molecule has 26 heavy (non-hydrogen) atoms. The van der Waals surface area contributed by atoms with Crippen molar-refractivity contribution in [1.82, 2.24) is 10.3 Å². The van der Waals surface area contributed by atoms with E-state index in [1.807, 2.05) is 6.92 Å². The predicted molar refractivity (Wildman–Crippen MR) is 97.3 cm³/mol. The molecule has 0 radical (unpaired) electrons. The number of pyridine rings is 1. The number of aromatic nitrogens is 1. The first-order valence-electron chi connectivity index (χ1n) is 9.82. The van der Waals surface area contributed by atoms with Gasteiger partial charge in [0.15, 0.2) is 0 Å². The van der Waals surface area contributed by atoms with Gasteiger partial charge in [0.05, 0.1) is 5.92 Å². The van der Waals surface area contributed by atoms with Crippen LogP contribution in [0.2, 0.25) is 0 Å². The van der Waals surface area contributed by atoms with E-state index in [0.29, 0.717) is 17.4 Å². The molecular weight excluding hydrogens is 328 g/mol. The minimum atomic E-state index is -0.0444. The molecule has 7 atom stereocenters. The Morgan fingerprint density at radius 1 is 1.23 bits per heavy atom. The van der Waals surface area contributed by atoms with Crippen molar-refractivity contribution >= 4 is 11.9 Å². The molecule has 4 rings (SSSR count). The van der Waals surface area contributed by atoms with Crippen LogP contribution in [0.25, 0.3) is 0 Å². The third-order valence-corrected chi connectivity index (χ3v) is 7.38. The van der Waals surface area contributed by atoms with Gasteiger partial charge in [-0.15, -0.1) is 0 Å². The van der Waals surface area contributed by atoms with Crippen molar-refractivity contribution < 1.29 is 14.3 Å². The fraction of sp³-hybridized carbons (Fsp3) is 0.667. The second-order valence-corrected chi connectivity index (χ2v) is 8.79. The lowest BCUT2D eigenvalue weighted by Gasteiger charge is -2.54. The van der Waals surface area contributed by atoms with Crippen LogP contribution < -0.4 is 5.32 Å². The molecule has 2 aliphatic carbocycles. The molecule has 2 saturated carbocycles. The van der Waals surface area contributed by atoms with Gasteiger partial charge < -0.3 is 10.1 Å². The topological polar surface area (TPSA) is 68.3 Å². The van der Waals surface area contributed by atoms with Gasteiger partial charge in [0.2, 0.25) is 0 Å². The summed E-state index contributed by atoms with van der Waals surface area (Å²) in [5, 5.41) is 3.23. The zero-order valence-corrected chi connectivity index (χ0v) is 15.8. The van der Waals surface area contributed by atoms with E-state index in [2.05, 4.69) is 24.1 Å². The standard InChI is InChI=1S/C21H28N2O3/c1-12-15-4-8-21(3)9-5-16(13(2)17(21)18(15)26-20(12)25)23-19(24)14-6-10-22-11-7-14/h6-7,10-13,15-18H,4-5,8-9H2,1-3H3,(H,23,24). The third-order valence-electron chi connectivity index (χ3n) is 7.38. The molecule has 1 N–H and O–H groups in total. The maximum Gasteiger partial charge on any atom is 0.309 e. The largest absolute Gasteiger partial charge is 0.462 e. The van der Waals surface area contributed by atoms with E-state index in [9.17, 15) is 9.59 Å². The van der Waals surface area contributed by atoms with Crippen molar-refractivity contribution in [1.29, 1.82) is 0 Å². The summed E-state index contributed by atoms with van der Waals surface area (Å²) in [7, 11) is 0. The molecule has 0 bridgehead atoms. The van der Waals surface area contributed by atoms with E-state index in [-0.39, 0.29) is 41.3 Å².